The molecule has 1 amide bonds. The molecule has 1 aromatic carbocycles. The van der Waals surface area contributed by atoms with E-state index in [1.807, 2.05) is 23.6 Å². The molecule has 3 aromatic heterocycles. The molecule has 5 rings (SSSR count). The van der Waals surface area contributed by atoms with Crippen molar-refractivity contribution in [3.8, 4) is 22.6 Å². The monoisotopic (exact) mass is 542 g/mol. The maximum Gasteiger partial charge on any atom is 0.243 e. The molecule has 0 unspecified atom stereocenters. The van der Waals surface area contributed by atoms with E-state index in [4.69, 9.17) is 47.4 Å². The van der Waals surface area contributed by atoms with E-state index in [1.54, 1.807) is 12.3 Å². The number of imidazole rings is 1. The van der Waals surface area contributed by atoms with E-state index in [9.17, 15) is 4.79 Å². The Balaban J connectivity index is 1.62. The van der Waals surface area contributed by atoms with Crippen LogP contribution in [0, 0.1) is 6.92 Å². The van der Waals surface area contributed by atoms with Gasteiger partial charge in [0.1, 0.15) is 17.1 Å². The fraction of sp³-hybridized carbons (Fsp3) is 0.280. The third-order valence-electron chi connectivity index (χ3n) is 6.14. The van der Waals surface area contributed by atoms with Gasteiger partial charge in [-0.15, -0.1) is 0 Å². The van der Waals surface area contributed by atoms with Crippen molar-refractivity contribution in [2.45, 2.75) is 19.0 Å². The van der Waals surface area contributed by atoms with Crippen molar-refractivity contribution in [1.82, 2.24) is 24.7 Å². The highest BCUT2D eigenvalue weighted by atomic mass is 35.5. The van der Waals surface area contributed by atoms with Crippen molar-refractivity contribution >= 4 is 51.7 Å². The Hall–Kier alpha value is -3.60. The lowest BCUT2D eigenvalue weighted by Crippen LogP contribution is -2.45. The van der Waals surface area contributed by atoms with Crippen LogP contribution in [0.2, 0.25) is 10.0 Å². The van der Waals surface area contributed by atoms with Crippen LogP contribution in [0.25, 0.3) is 27.8 Å². The molecule has 0 aliphatic carbocycles. The van der Waals surface area contributed by atoms with Crippen LogP contribution in [0.1, 0.15) is 5.69 Å². The SMILES string of the molecule is C=CC(=O)N[C@H]1COC[C@H]1Nc1ncc2cc(-c3c(Cl)c(OC)cc(OC)c3Cl)c3nc(C)cn3c2n1. The molecule has 1 fully saturated rings. The topological polar surface area (TPSA) is 112 Å². The predicted octanol–water partition coefficient (Wildman–Crippen LogP) is 4.06. The lowest BCUT2D eigenvalue weighted by Gasteiger charge is -2.20. The van der Waals surface area contributed by atoms with Crippen LogP contribution >= 0.6 is 23.2 Å². The van der Waals surface area contributed by atoms with Crippen molar-refractivity contribution in [2.24, 2.45) is 0 Å². The number of rotatable bonds is 7. The van der Waals surface area contributed by atoms with E-state index in [0.717, 1.165) is 11.1 Å². The number of pyridine rings is 1. The van der Waals surface area contributed by atoms with Gasteiger partial charge in [-0.2, -0.15) is 4.98 Å². The van der Waals surface area contributed by atoms with Gasteiger partial charge in [0, 0.05) is 35.0 Å². The van der Waals surface area contributed by atoms with E-state index >= 15 is 0 Å². The van der Waals surface area contributed by atoms with E-state index in [0.29, 0.717) is 63.1 Å². The maximum atomic E-state index is 11.8. The third kappa shape index (κ3) is 4.52. The quantitative estimate of drug-likeness (QED) is 0.336. The molecule has 12 heteroatoms. The number of aromatic nitrogens is 4. The summed E-state index contributed by atoms with van der Waals surface area (Å²) >= 11 is 13.5. The number of benzene rings is 1. The lowest BCUT2D eigenvalue weighted by molar-refractivity contribution is -0.117. The zero-order valence-electron chi connectivity index (χ0n) is 20.3. The van der Waals surface area contributed by atoms with Crippen LogP contribution in [0.15, 0.2) is 37.2 Å². The first-order valence-corrected chi connectivity index (χ1v) is 12.1. The number of carbonyl (C=O) groups excluding carboxylic acids is 1. The van der Waals surface area contributed by atoms with Crippen LogP contribution in [0.5, 0.6) is 11.5 Å². The standard InChI is InChI=1S/C25H24Cl2N6O4/c1-5-19(34)30-15-10-37-11-16(15)31-25-28-8-13-6-14(24-29-12(2)9-33(24)23(13)32-25)20-21(26)17(35-3)7-18(36-4)22(20)27/h5-9,15-16H,1,10-11H2,2-4H3,(H,30,34)(H,28,31,32)/t15-,16+/m0/s1. The molecule has 37 heavy (non-hydrogen) atoms. The Morgan fingerprint density at radius 1 is 1.14 bits per heavy atom. The average Bonchev–Trinajstić information content (AvgIpc) is 3.50. The Morgan fingerprint density at radius 2 is 1.84 bits per heavy atom. The van der Waals surface area contributed by atoms with Crippen molar-refractivity contribution < 1.29 is 19.0 Å². The molecular formula is C25H24Cl2N6O4. The summed E-state index contributed by atoms with van der Waals surface area (Å²) in [5.41, 5.74) is 3.22. The molecule has 10 nitrogen and oxygen atoms in total. The summed E-state index contributed by atoms with van der Waals surface area (Å²) in [6.45, 7) is 6.17. The van der Waals surface area contributed by atoms with E-state index in [-0.39, 0.29) is 18.0 Å². The Morgan fingerprint density at radius 3 is 2.51 bits per heavy atom. The van der Waals surface area contributed by atoms with E-state index in [1.165, 1.54) is 20.3 Å². The van der Waals surface area contributed by atoms with Gasteiger partial charge in [-0.1, -0.05) is 29.8 Å². The summed E-state index contributed by atoms with van der Waals surface area (Å²) in [4.78, 5) is 25.8. The number of nitrogens with one attached hydrogen (secondary N) is 2. The summed E-state index contributed by atoms with van der Waals surface area (Å²) < 4.78 is 18.3. The molecular weight excluding hydrogens is 519 g/mol. The predicted molar refractivity (Wildman–Crippen MR) is 142 cm³/mol. The molecule has 1 aliphatic heterocycles. The van der Waals surface area contributed by atoms with Gasteiger partial charge in [-0.25, -0.2) is 9.97 Å². The van der Waals surface area contributed by atoms with Gasteiger partial charge in [0.05, 0.1) is 55.3 Å². The summed E-state index contributed by atoms with van der Waals surface area (Å²) in [5, 5.41) is 7.54. The molecule has 1 saturated heterocycles. The molecule has 192 valence electrons. The molecule has 1 aliphatic rings. The number of carbonyl (C=O) groups is 1. The number of amides is 1. The molecule has 0 saturated carbocycles. The van der Waals surface area contributed by atoms with Gasteiger partial charge < -0.3 is 24.8 Å². The van der Waals surface area contributed by atoms with E-state index < -0.39 is 0 Å². The second-order valence-electron chi connectivity index (χ2n) is 8.50. The van der Waals surface area contributed by atoms with Crippen molar-refractivity contribution in [1.29, 1.82) is 0 Å². The normalized spacial score (nSPS) is 17.2. The third-order valence-corrected chi connectivity index (χ3v) is 6.89. The largest absolute Gasteiger partial charge is 0.495 e. The van der Waals surface area contributed by atoms with Crippen molar-refractivity contribution in [3.05, 3.63) is 52.9 Å². The van der Waals surface area contributed by atoms with Crippen LogP contribution in [0.3, 0.4) is 0 Å². The molecule has 2 N–H and O–H groups in total. The van der Waals surface area contributed by atoms with E-state index in [2.05, 4.69) is 22.2 Å². The number of halogens is 2. The van der Waals surface area contributed by atoms with Gasteiger partial charge in [0.25, 0.3) is 0 Å². The second-order valence-corrected chi connectivity index (χ2v) is 9.25. The minimum absolute atomic E-state index is 0.206. The lowest BCUT2D eigenvalue weighted by atomic mass is 10.0. The summed E-state index contributed by atoms with van der Waals surface area (Å²) in [5.74, 6) is 0.968. The smallest absolute Gasteiger partial charge is 0.243 e. The van der Waals surface area contributed by atoms with Crippen LogP contribution in [0.4, 0.5) is 5.95 Å². The van der Waals surface area contributed by atoms with Crippen molar-refractivity contribution in [3.63, 3.8) is 0 Å². The second kappa shape index (κ2) is 10.0. The number of ether oxygens (including phenoxy) is 3. The number of fused-ring (bicyclic) bond motifs is 3. The summed E-state index contributed by atoms with van der Waals surface area (Å²) in [6, 6.07) is 3.08. The van der Waals surface area contributed by atoms with Gasteiger partial charge in [0.15, 0.2) is 5.65 Å². The minimum atomic E-state index is -0.267. The molecule has 0 bridgehead atoms. The minimum Gasteiger partial charge on any atom is -0.495 e. The average molecular weight is 543 g/mol. The number of anilines is 1. The first kappa shape index (κ1) is 25.1. The first-order valence-electron chi connectivity index (χ1n) is 11.4. The Bertz CT molecular complexity index is 1510. The van der Waals surface area contributed by atoms with Gasteiger partial charge >= 0.3 is 0 Å². The maximum absolute atomic E-state index is 11.8. The highest BCUT2D eigenvalue weighted by Crippen LogP contribution is 2.47. The summed E-state index contributed by atoms with van der Waals surface area (Å²) in [6.07, 6.45) is 4.81. The van der Waals surface area contributed by atoms with Gasteiger partial charge in [0.2, 0.25) is 11.9 Å². The zero-order chi connectivity index (χ0) is 26.3. The van der Waals surface area contributed by atoms with Crippen LogP contribution < -0.4 is 20.1 Å². The fourth-order valence-corrected chi connectivity index (χ4v) is 5.07. The number of hydrogen-bond donors (Lipinski definition) is 2. The van der Waals surface area contributed by atoms with Crippen LogP contribution in [-0.4, -0.2) is 64.8 Å². The molecule has 2 atom stereocenters. The molecule has 4 heterocycles. The van der Waals surface area contributed by atoms with Crippen LogP contribution in [-0.2, 0) is 9.53 Å². The highest BCUT2D eigenvalue weighted by molar-refractivity contribution is 6.41. The Kier molecular flexibility index (Phi) is 6.80. The highest BCUT2D eigenvalue weighted by Gasteiger charge is 2.30. The van der Waals surface area contributed by atoms with Gasteiger partial charge in [-0.3, -0.25) is 9.20 Å². The molecule has 0 radical (unpaired) electrons. The number of hydrogen-bond acceptors (Lipinski definition) is 8. The number of aryl methyl sites for hydroxylation is 1. The molecule has 0 spiro atoms. The fourth-order valence-electron chi connectivity index (χ4n) is 4.37. The van der Waals surface area contributed by atoms with Gasteiger partial charge in [-0.05, 0) is 19.1 Å². The zero-order valence-corrected chi connectivity index (χ0v) is 21.9. The summed E-state index contributed by atoms with van der Waals surface area (Å²) in [7, 11) is 3.05. The number of nitrogens with zero attached hydrogens (tertiary/aromatic N) is 4. The number of methoxy groups -OCH3 is 2. The Labute approximate surface area is 222 Å². The first-order chi connectivity index (χ1) is 17.8. The molecule has 4 aromatic rings. The van der Waals surface area contributed by atoms with Crippen molar-refractivity contribution in [2.75, 3.05) is 32.8 Å².